The normalized spacial score (nSPS) is 12.1. The predicted molar refractivity (Wildman–Crippen MR) is 290 cm³/mol. The van der Waals surface area contributed by atoms with Crippen molar-refractivity contribution in [3.05, 3.63) is 247 Å². The van der Waals surface area contributed by atoms with Gasteiger partial charge in [0.25, 0.3) is 0 Å². The Hall–Kier alpha value is -8.79. The van der Waals surface area contributed by atoms with E-state index in [9.17, 15) is 0 Å². The van der Waals surface area contributed by atoms with Crippen molar-refractivity contribution in [2.75, 3.05) is 0 Å². The number of fused-ring (bicyclic) bond motifs is 11. The van der Waals surface area contributed by atoms with E-state index in [1.165, 1.54) is 27.6 Å². The quantitative estimate of drug-likeness (QED) is 0.113. The van der Waals surface area contributed by atoms with Gasteiger partial charge in [0, 0.05) is 54.6 Å². The Kier molecular flexibility index (Phi) is 9.69. The number of hydrogen-bond donors (Lipinski definition) is 0. The molecular weight excluding hydrogens is 839 g/mol. The number of rotatable bonds is 8. The van der Waals surface area contributed by atoms with Crippen LogP contribution in [-0.4, -0.2) is 5.71 Å². The highest BCUT2D eigenvalue weighted by Gasteiger charge is 2.28. The second-order valence-corrected chi connectivity index (χ2v) is 18.3. The number of hydrogen-bond acceptors (Lipinski definition) is 3. The molecule has 13 aromatic rings. The smallest absolute Gasteiger partial charge is 0.144 e. The molecule has 0 unspecified atom stereocenters. The van der Waals surface area contributed by atoms with Crippen molar-refractivity contribution in [1.82, 2.24) is 0 Å². The molecule has 0 saturated heterocycles. The van der Waals surface area contributed by atoms with Crippen molar-refractivity contribution in [3.8, 4) is 44.5 Å². The molecule has 0 amide bonds. The highest BCUT2D eigenvalue weighted by Crippen LogP contribution is 2.52. The van der Waals surface area contributed by atoms with Crippen molar-refractivity contribution in [3.63, 3.8) is 0 Å². The van der Waals surface area contributed by atoms with Gasteiger partial charge in [-0.3, -0.25) is 0 Å². The molecule has 0 fully saturated rings. The number of aliphatic imine (C=N–C) groups is 1. The van der Waals surface area contributed by atoms with E-state index in [1.54, 1.807) is 0 Å². The lowest BCUT2D eigenvalue weighted by Gasteiger charge is -2.22. The minimum Gasteiger partial charge on any atom is -0.455 e. The highest BCUT2D eigenvalue weighted by atomic mass is 16.3. The summed E-state index contributed by atoms with van der Waals surface area (Å²) in [5, 5.41) is 8.77. The molecule has 2 aromatic heterocycles. The average molecular weight is 884 g/mol. The minimum atomic E-state index is 0.158. The van der Waals surface area contributed by atoms with Crippen LogP contribution in [0.1, 0.15) is 36.5 Å². The van der Waals surface area contributed by atoms with Crippen LogP contribution in [-0.2, 0) is 0 Å². The van der Waals surface area contributed by atoms with Gasteiger partial charge in [0.05, 0.1) is 11.4 Å². The van der Waals surface area contributed by atoms with Crippen molar-refractivity contribution in [1.29, 1.82) is 0 Å². The summed E-state index contributed by atoms with van der Waals surface area (Å²) < 4.78 is 14.9. The maximum atomic E-state index is 7.53. The Bertz CT molecular complexity index is 4090. The highest BCUT2D eigenvalue weighted by molar-refractivity contribution is 6.37. The third-order valence-electron chi connectivity index (χ3n) is 13.8. The lowest BCUT2D eigenvalue weighted by molar-refractivity contribution is 0.669. The molecule has 326 valence electrons. The standard InChI is InChI=1S/C66H45NO2/c1-41(2)57-56-40-55(45-36-34-43(35-37-45)42-20-8-3-9-21-42)66-61(53-32-19-33-54(64(53)69-66)62(47-26-14-6-15-27-47)67-48-28-16-7-17-29-48)59(56)60-52(58(57)46-24-12-5-13-25-46)39-38-51-50-31-18-30-49(63(50)68-65(51)60)44-22-10-4-11-23-44/h3-41H,1-2H3/b67-62+. The average Bonchev–Trinajstić information content (AvgIpc) is 4.00. The van der Waals surface area contributed by atoms with E-state index in [2.05, 4.69) is 226 Å². The molecule has 0 aliphatic carbocycles. The van der Waals surface area contributed by atoms with Crippen LogP contribution in [0.4, 0.5) is 5.69 Å². The molecule has 3 heteroatoms. The van der Waals surface area contributed by atoms with Gasteiger partial charge in [-0.15, -0.1) is 0 Å². The first-order valence-corrected chi connectivity index (χ1v) is 23.8. The van der Waals surface area contributed by atoms with Crippen molar-refractivity contribution >= 4 is 76.8 Å². The second-order valence-electron chi connectivity index (χ2n) is 18.3. The molecule has 0 radical (unpaired) electrons. The predicted octanol–water partition coefficient (Wildman–Crippen LogP) is 18.8. The van der Waals surface area contributed by atoms with Crippen molar-refractivity contribution < 1.29 is 8.83 Å². The summed E-state index contributed by atoms with van der Waals surface area (Å²) in [5.41, 5.74) is 17.3. The van der Waals surface area contributed by atoms with Crippen LogP contribution in [0.3, 0.4) is 0 Å². The third kappa shape index (κ3) is 6.69. The zero-order valence-corrected chi connectivity index (χ0v) is 38.3. The van der Waals surface area contributed by atoms with E-state index >= 15 is 0 Å². The van der Waals surface area contributed by atoms with Gasteiger partial charge in [0.15, 0.2) is 0 Å². The molecule has 11 aromatic carbocycles. The summed E-state index contributed by atoms with van der Waals surface area (Å²) in [7, 11) is 0. The second kappa shape index (κ2) is 16.5. The van der Waals surface area contributed by atoms with Gasteiger partial charge in [0.2, 0.25) is 0 Å². The van der Waals surface area contributed by atoms with E-state index in [4.69, 9.17) is 13.8 Å². The molecule has 0 saturated carbocycles. The summed E-state index contributed by atoms with van der Waals surface area (Å²) in [6, 6.07) is 81.8. The molecule has 0 bridgehead atoms. The van der Waals surface area contributed by atoms with Gasteiger partial charge in [-0.05, 0) is 86.0 Å². The number of furan rings is 2. The van der Waals surface area contributed by atoms with Gasteiger partial charge < -0.3 is 8.83 Å². The molecular formula is C66H45NO2. The third-order valence-corrected chi connectivity index (χ3v) is 13.8. The van der Waals surface area contributed by atoms with E-state index in [0.29, 0.717) is 0 Å². The van der Waals surface area contributed by atoms with Crippen LogP contribution < -0.4 is 0 Å². The van der Waals surface area contributed by atoms with Gasteiger partial charge in [-0.25, -0.2) is 4.99 Å². The minimum absolute atomic E-state index is 0.158. The van der Waals surface area contributed by atoms with E-state index < -0.39 is 0 Å². The maximum absolute atomic E-state index is 7.53. The first kappa shape index (κ1) is 40.5. The van der Waals surface area contributed by atoms with Crippen LogP contribution in [0, 0.1) is 0 Å². The summed E-state index contributed by atoms with van der Waals surface area (Å²) >= 11 is 0. The number of nitrogens with zero attached hydrogens (tertiary/aromatic N) is 1. The Morgan fingerprint density at radius 3 is 1.58 bits per heavy atom. The van der Waals surface area contributed by atoms with Gasteiger partial charge in [-0.1, -0.05) is 214 Å². The van der Waals surface area contributed by atoms with Crippen LogP contribution in [0.25, 0.3) is 110 Å². The summed E-state index contributed by atoms with van der Waals surface area (Å²) in [4.78, 5) is 5.37. The number of benzene rings is 11. The van der Waals surface area contributed by atoms with E-state index in [1.807, 2.05) is 18.2 Å². The maximum Gasteiger partial charge on any atom is 0.144 e. The lowest BCUT2D eigenvalue weighted by Crippen LogP contribution is -2.03. The van der Waals surface area contributed by atoms with Crippen LogP contribution in [0.15, 0.2) is 244 Å². The van der Waals surface area contributed by atoms with Gasteiger partial charge >= 0.3 is 0 Å². The van der Waals surface area contributed by atoms with Gasteiger partial charge in [0.1, 0.15) is 22.3 Å². The molecule has 0 spiro atoms. The SMILES string of the molecule is CC(C)c1c(-c2ccccc2)c2ccc3c4cccc(-c5ccccc5)c4oc3c2c2c1cc(-c1ccc(-c3ccccc3)cc1)c1oc3c(/C(=N/c4ccccc4)c4ccccc4)cccc3c12. The van der Waals surface area contributed by atoms with Crippen LogP contribution in [0.2, 0.25) is 0 Å². The molecule has 0 aliphatic rings. The molecule has 0 atom stereocenters. The lowest BCUT2D eigenvalue weighted by atomic mass is 9.81. The molecule has 13 rings (SSSR count). The number of para-hydroxylation sites is 3. The first-order valence-electron chi connectivity index (χ1n) is 23.8. The Morgan fingerprint density at radius 2 is 0.884 bits per heavy atom. The Labute approximate surface area is 400 Å². The van der Waals surface area contributed by atoms with E-state index in [0.717, 1.165) is 110 Å². The van der Waals surface area contributed by atoms with Crippen LogP contribution >= 0.6 is 0 Å². The van der Waals surface area contributed by atoms with Crippen LogP contribution in [0.5, 0.6) is 0 Å². The fourth-order valence-corrected chi connectivity index (χ4v) is 10.8. The summed E-state index contributed by atoms with van der Waals surface area (Å²) in [6.45, 7) is 4.66. The first-order chi connectivity index (χ1) is 34.1. The van der Waals surface area contributed by atoms with Crippen molar-refractivity contribution in [2.24, 2.45) is 4.99 Å². The largest absolute Gasteiger partial charge is 0.455 e. The zero-order chi connectivity index (χ0) is 46.0. The Morgan fingerprint density at radius 1 is 0.362 bits per heavy atom. The molecule has 0 aliphatic heterocycles. The molecule has 3 nitrogen and oxygen atoms in total. The topological polar surface area (TPSA) is 38.6 Å². The summed E-state index contributed by atoms with van der Waals surface area (Å²) in [5.74, 6) is 0.158. The Balaban J connectivity index is 1.23. The fourth-order valence-electron chi connectivity index (χ4n) is 10.8. The molecule has 2 heterocycles. The van der Waals surface area contributed by atoms with Gasteiger partial charge in [-0.2, -0.15) is 0 Å². The molecule has 69 heavy (non-hydrogen) atoms. The zero-order valence-electron chi connectivity index (χ0n) is 38.3. The van der Waals surface area contributed by atoms with E-state index in [-0.39, 0.29) is 5.92 Å². The summed E-state index contributed by atoms with van der Waals surface area (Å²) in [6.07, 6.45) is 0. The molecule has 0 N–H and O–H groups in total. The monoisotopic (exact) mass is 883 g/mol. The van der Waals surface area contributed by atoms with Crippen molar-refractivity contribution in [2.45, 2.75) is 19.8 Å². The fraction of sp³-hybridized carbons (Fsp3) is 0.0455.